The fourth-order valence-corrected chi connectivity index (χ4v) is 3.18. The molecule has 3 aromatic rings. The van der Waals surface area contributed by atoms with Gasteiger partial charge in [0.1, 0.15) is 23.9 Å². The summed E-state index contributed by atoms with van der Waals surface area (Å²) in [6, 6.07) is 13.8. The number of thioether (sulfide) groups is 1. The summed E-state index contributed by atoms with van der Waals surface area (Å²) in [5, 5.41) is 9.01. The van der Waals surface area contributed by atoms with E-state index in [0.717, 1.165) is 11.3 Å². The molecule has 27 heavy (non-hydrogen) atoms. The van der Waals surface area contributed by atoms with E-state index >= 15 is 0 Å². The van der Waals surface area contributed by atoms with Crippen LogP contribution in [0.1, 0.15) is 12.7 Å². The molecule has 0 saturated carbocycles. The van der Waals surface area contributed by atoms with Crippen molar-refractivity contribution in [3.8, 4) is 17.2 Å². The zero-order valence-corrected chi connectivity index (χ0v) is 16.0. The standard InChI is InChI=1S/C20H20FN3O2S/c1-14(2)13-27-20-23-22-19(24(20)18-7-5-4-6-17(18)21)12-26-16-10-8-15(25-3)9-11-16/h4-11H,1,12-13H2,2-3H3. The van der Waals surface area contributed by atoms with Crippen LogP contribution in [0.2, 0.25) is 0 Å². The van der Waals surface area contributed by atoms with Crippen molar-refractivity contribution in [3.05, 3.63) is 72.3 Å². The Morgan fingerprint density at radius 2 is 1.81 bits per heavy atom. The number of ether oxygens (including phenoxy) is 2. The number of benzene rings is 2. The molecule has 1 heterocycles. The van der Waals surface area contributed by atoms with Gasteiger partial charge >= 0.3 is 0 Å². The largest absolute Gasteiger partial charge is 0.497 e. The zero-order valence-electron chi connectivity index (χ0n) is 15.2. The van der Waals surface area contributed by atoms with Crippen molar-refractivity contribution < 1.29 is 13.9 Å². The average Bonchev–Trinajstić information content (AvgIpc) is 3.08. The van der Waals surface area contributed by atoms with E-state index in [0.29, 0.717) is 28.2 Å². The van der Waals surface area contributed by atoms with Gasteiger partial charge in [-0.15, -0.1) is 10.2 Å². The fraction of sp³-hybridized carbons (Fsp3) is 0.200. The van der Waals surface area contributed by atoms with Gasteiger partial charge in [-0.3, -0.25) is 4.57 Å². The Hall–Kier alpha value is -2.80. The van der Waals surface area contributed by atoms with Crippen LogP contribution < -0.4 is 9.47 Å². The van der Waals surface area contributed by atoms with Crippen LogP contribution in [0.15, 0.2) is 65.8 Å². The minimum absolute atomic E-state index is 0.154. The molecule has 0 N–H and O–H groups in total. The van der Waals surface area contributed by atoms with Crippen molar-refractivity contribution >= 4 is 11.8 Å². The summed E-state index contributed by atoms with van der Waals surface area (Å²) >= 11 is 1.46. The zero-order chi connectivity index (χ0) is 19.2. The molecule has 0 radical (unpaired) electrons. The Kier molecular flexibility index (Phi) is 6.13. The predicted molar refractivity (Wildman–Crippen MR) is 104 cm³/mol. The third kappa shape index (κ3) is 4.68. The van der Waals surface area contributed by atoms with Crippen molar-refractivity contribution in [3.63, 3.8) is 0 Å². The number of methoxy groups -OCH3 is 1. The third-order valence-electron chi connectivity index (χ3n) is 3.67. The molecular weight excluding hydrogens is 365 g/mol. The maximum absolute atomic E-state index is 14.4. The van der Waals surface area contributed by atoms with Crippen LogP contribution in [0.3, 0.4) is 0 Å². The summed E-state index contributed by atoms with van der Waals surface area (Å²) < 4.78 is 27.0. The van der Waals surface area contributed by atoms with Crippen LogP contribution in [0.25, 0.3) is 5.69 Å². The average molecular weight is 385 g/mol. The Morgan fingerprint density at radius 1 is 1.11 bits per heavy atom. The SMILES string of the molecule is C=C(C)CSc1nnc(COc2ccc(OC)cc2)n1-c1ccccc1F. The summed E-state index contributed by atoms with van der Waals surface area (Å²) in [4.78, 5) is 0. The highest BCUT2D eigenvalue weighted by Crippen LogP contribution is 2.26. The van der Waals surface area contributed by atoms with Gasteiger partial charge in [0.2, 0.25) is 0 Å². The third-order valence-corrected chi connectivity index (χ3v) is 4.83. The van der Waals surface area contributed by atoms with Crippen LogP contribution in [0, 0.1) is 5.82 Å². The lowest BCUT2D eigenvalue weighted by Crippen LogP contribution is -2.08. The molecule has 0 amide bonds. The monoisotopic (exact) mass is 385 g/mol. The maximum Gasteiger partial charge on any atom is 0.196 e. The number of hydrogen-bond acceptors (Lipinski definition) is 5. The summed E-state index contributed by atoms with van der Waals surface area (Å²) in [5.74, 6) is 2.25. The molecule has 0 spiro atoms. The highest BCUT2D eigenvalue weighted by atomic mass is 32.2. The van der Waals surface area contributed by atoms with Gasteiger partial charge in [0.25, 0.3) is 0 Å². The van der Waals surface area contributed by atoms with Crippen LogP contribution in [-0.2, 0) is 6.61 Å². The van der Waals surface area contributed by atoms with Gasteiger partial charge in [-0.1, -0.05) is 36.0 Å². The van der Waals surface area contributed by atoms with Crippen LogP contribution >= 0.6 is 11.8 Å². The first-order chi connectivity index (χ1) is 13.1. The highest BCUT2D eigenvalue weighted by molar-refractivity contribution is 7.99. The second-order valence-electron chi connectivity index (χ2n) is 5.90. The van der Waals surface area contributed by atoms with E-state index in [-0.39, 0.29) is 12.4 Å². The fourth-order valence-electron chi connectivity index (χ4n) is 2.37. The first-order valence-corrected chi connectivity index (χ1v) is 9.30. The number of aromatic nitrogens is 3. The smallest absolute Gasteiger partial charge is 0.196 e. The summed E-state index contributed by atoms with van der Waals surface area (Å²) in [7, 11) is 1.61. The van der Waals surface area contributed by atoms with E-state index in [1.54, 1.807) is 42.0 Å². The summed E-state index contributed by atoms with van der Waals surface area (Å²) in [6.45, 7) is 5.99. The lowest BCUT2D eigenvalue weighted by molar-refractivity contribution is 0.292. The Labute approximate surface area is 161 Å². The molecule has 1 aromatic heterocycles. The van der Waals surface area contributed by atoms with E-state index in [1.807, 2.05) is 19.1 Å². The Balaban J connectivity index is 1.87. The van der Waals surface area contributed by atoms with Crippen LogP contribution in [-0.4, -0.2) is 27.6 Å². The second kappa shape index (κ2) is 8.73. The molecule has 0 fully saturated rings. The molecule has 7 heteroatoms. The minimum Gasteiger partial charge on any atom is -0.497 e. The Bertz CT molecular complexity index is 925. The minimum atomic E-state index is -0.347. The molecule has 0 bridgehead atoms. The van der Waals surface area contributed by atoms with Crippen molar-refractivity contribution in [2.75, 3.05) is 12.9 Å². The molecular formula is C20H20FN3O2S. The summed E-state index contributed by atoms with van der Waals surface area (Å²) in [5.41, 5.74) is 1.39. The van der Waals surface area contributed by atoms with E-state index in [2.05, 4.69) is 16.8 Å². The van der Waals surface area contributed by atoms with Gasteiger partial charge < -0.3 is 9.47 Å². The predicted octanol–water partition coefficient (Wildman–Crippen LogP) is 4.66. The maximum atomic E-state index is 14.4. The highest BCUT2D eigenvalue weighted by Gasteiger charge is 2.17. The lowest BCUT2D eigenvalue weighted by Gasteiger charge is -2.12. The molecule has 0 atom stereocenters. The number of rotatable bonds is 8. The van der Waals surface area contributed by atoms with Crippen molar-refractivity contribution in [2.24, 2.45) is 0 Å². The molecule has 0 aliphatic carbocycles. The summed E-state index contributed by atoms with van der Waals surface area (Å²) in [6.07, 6.45) is 0. The van der Waals surface area contributed by atoms with Crippen molar-refractivity contribution in [1.82, 2.24) is 14.8 Å². The molecule has 0 unspecified atom stereocenters. The van der Waals surface area contributed by atoms with Crippen molar-refractivity contribution in [2.45, 2.75) is 18.7 Å². The van der Waals surface area contributed by atoms with Gasteiger partial charge in [0.05, 0.1) is 12.8 Å². The van der Waals surface area contributed by atoms with E-state index in [9.17, 15) is 4.39 Å². The first kappa shape index (κ1) is 19.0. The number of nitrogens with zero attached hydrogens (tertiary/aromatic N) is 3. The second-order valence-corrected chi connectivity index (χ2v) is 6.84. The number of halogens is 1. The molecule has 0 aliphatic heterocycles. The number of hydrogen-bond donors (Lipinski definition) is 0. The molecule has 140 valence electrons. The van der Waals surface area contributed by atoms with E-state index in [4.69, 9.17) is 9.47 Å². The van der Waals surface area contributed by atoms with Crippen molar-refractivity contribution in [1.29, 1.82) is 0 Å². The van der Waals surface area contributed by atoms with Gasteiger partial charge in [-0.25, -0.2) is 4.39 Å². The quantitative estimate of drug-likeness (QED) is 0.417. The van der Waals surface area contributed by atoms with E-state index < -0.39 is 0 Å². The molecule has 0 aliphatic rings. The normalized spacial score (nSPS) is 10.6. The molecule has 2 aromatic carbocycles. The number of para-hydroxylation sites is 1. The topological polar surface area (TPSA) is 49.2 Å². The van der Waals surface area contributed by atoms with Gasteiger partial charge in [0.15, 0.2) is 11.0 Å². The van der Waals surface area contributed by atoms with E-state index in [1.165, 1.54) is 17.8 Å². The van der Waals surface area contributed by atoms with Gasteiger partial charge in [-0.2, -0.15) is 0 Å². The first-order valence-electron chi connectivity index (χ1n) is 8.31. The van der Waals surface area contributed by atoms with Gasteiger partial charge in [-0.05, 0) is 43.3 Å². The van der Waals surface area contributed by atoms with Crippen LogP contribution in [0.5, 0.6) is 11.5 Å². The van der Waals surface area contributed by atoms with Crippen LogP contribution in [0.4, 0.5) is 4.39 Å². The molecule has 3 rings (SSSR count). The lowest BCUT2D eigenvalue weighted by atomic mass is 10.3. The molecule has 0 saturated heterocycles. The van der Waals surface area contributed by atoms with Gasteiger partial charge in [0, 0.05) is 5.75 Å². The Morgan fingerprint density at radius 3 is 2.48 bits per heavy atom. The molecule has 5 nitrogen and oxygen atoms in total.